The fraction of sp³-hybridized carbons (Fsp3) is 0.400. The molecule has 1 spiro atoms. The van der Waals surface area contributed by atoms with E-state index in [0.717, 1.165) is 33.7 Å². The molecule has 2 heterocycles. The van der Waals surface area contributed by atoms with Crippen LogP contribution < -0.4 is 10.1 Å². The molecule has 2 N–H and O–H groups in total. The summed E-state index contributed by atoms with van der Waals surface area (Å²) in [6, 6.07) is 8.99. The van der Waals surface area contributed by atoms with Crippen LogP contribution in [-0.4, -0.2) is 41.2 Å². The van der Waals surface area contributed by atoms with E-state index >= 15 is 0 Å². The molecule has 1 aliphatic heterocycles. The summed E-state index contributed by atoms with van der Waals surface area (Å²) >= 11 is 1.62. The number of aryl methyl sites for hydroxylation is 2. The highest BCUT2D eigenvalue weighted by Crippen LogP contribution is 2.42. The number of benzene rings is 1. The van der Waals surface area contributed by atoms with Crippen LogP contribution in [0.2, 0.25) is 0 Å². The number of fused-ring (bicyclic) bond motifs is 2. The Morgan fingerprint density at radius 2 is 2.22 bits per heavy atom. The molecule has 1 saturated heterocycles. The molecule has 1 aliphatic carbocycles. The number of β-amino-alcohol motifs (C(OH)–C–C–N with tert-alkyl or cyclic N) is 1. The van der Waals surface area contributed by atoms with Crippen molar-refractivity contribution in [3.05, 3.63) is 51.7 Å². The van der Waals surface area contributed by atoms with Crippen molar-refractivity contribution >= 4 is 23.3 Å². The van der Waals surface area contributed by atoms with Crippen LogP contribution in [0, 0.1) is 6.92 Å². The lowest BCUT2D eigenvalue weighted by Gasteiger charge is -2.31. The summed E-state index contributed by atoms with van der Waals surface area (Å²) in [6.45, 7) is 1.88. The van der Waals surface area contributed by atoms with Crippen molar-refractivity contribution < 1.29 is 19.4 Å². The van der Waals surface area contributed by atoms with E-state index < -0.39 is 17.7 Å². The standard InChI is InChI=1S/C20H22N2O4S/c1-13-4-2-5-15(10-13)26-12-14(23)11-22-18(24)20(21-19(22)25)8-3-6-17-16(20)7-9-27-17/h2,4-5,7,9-10,14,23H,3,6,8,11-12H2,1H3,(H,21,25)/t14-,20+/m1/s1. The number of rotatable bonds is 5. The minimum Gasteiger partial charge on any atom is -0.491 e. The molecule has 0 unspecified atom stereocenters. The summed E-state index contributed by atoms with van der Waals surface area (Å²) in [5.74, 6) is 0.374. The Hall–Kier alpha value is -2.38. The number of imide groups is 1. The maximum absolute atomic E-state index is 13.1. The summed E-state index contributed by atoms with van der Waals surface area (Å²) in [7, 11) is 0. The SMILES string of the molecule is Cc1cccc(OC[C@H](O)CN2C(=O)N[C@]3(CCCc4sccc43)C2=O)c1. The summed E-state index contributed by atoms with van der Waals surface area (Å²) in [4.78, 5) is 27.9. The van der Waals surface area contributed by atoms with Crippen molar-refractivity contribution in [1.29, 1.82) is 0 Å². The van der Waals surface area contributed by atoms with Crippen LogP contribution in [0.1, 0.15) is 28.8 Å². The fourth-order valence-electron chi connectivity index (χ4n) is 3.87. The first-order valence-corrected chi connectivity index (χ1v) is 9.96. The van der Waals surface area contributed by atoms with E-state index in [1.807, 2.05) is 42.6 Å². The first kappa shape index (κ1) is 18.0. The van der Waals surface area contributed by atoms with Crippen LogP contribution in [0.4, 0.5) is 4.79 Å². The van der Waals surface area contributed by atoms with E-state index in [4.69, 9.17) is 4.74 Å². The Bertz CT molecular complexity index is 880. The molecule has 3 amide bonds. The average Bonchev–Trinajstić information content (AvgIpc) is 3.21. The zero-order chi connectivity index (χ0) is 19.0. The van der Waals surface area contributed by atoms with Crippen LogP contribution >= 0.6 is 11.3 Å². The number of hydrogen-bond acceptors (Lipinski definition) is 5. The zero-order valence-electron chi connectivity index (χ0n) is 15.1. The molecule has 4 rings (SSSR count). The van der Waals surface area contributed by atoms with Crippen molar-refractivity contribution in [2.45, 2.75) is 37.8 Å². The smallest absolute Gasteiger partial charge is 0.325 e. The molecule has 1 fully saturated rings. The summed E-state index contributed by atoms with van der Waals surface area (Å²) < 4.78 is 5.59. The molecule has 2 atom stereocenters. The highest BCUT2D eigenvalue weighted by molar-refractivity contribution is 7.10. The molecule has 7 heteroatoms. The second-order valence-corrected chi connectivity index (χ2v) is 8.14. The van der Waals surface area contributed by atoms with Crippen molar-refractivity contribution in [3.63, 3.8) is 0 Å². The lowest BCUT2D eigenvalue weighted by molar-refractivity contribution is -0.133. The van der Waals surface area contributed by atoms with E-state index in [2.05, 4.69) is 5.32 Å². The first-order chi connectivity index (χ1) is 13.0. The van der Waals surface area contributed by atoms with Gasteiger partial charge in [-0.3, -0.25) is 9.69 Å². The first-order valence-electron chi connectivity index (χ1n) is 9.08. The van der Waals surface area contributed by atoms with Gasteiger partial charge in [0.05, 0.1) is 6.54 Å². The molecule has 0 saturated carbocycles. The Morgan fingerprint density at radius 1 is 1.37 bits per heavy atom. The third-order valence-corrected chi connectivity index (χ3v) is 6.14. The lowest BCUT2D eigenvalue weighted by atomic mass is 9.80. The normalized spacial score (nSPS) is 22.7. The van der Waals surface area contributed by atoms with Crippen LogP contribution in [-0.2, 0) is 16.8 Å². The number of aliphatic hydroxyl groups excluding tert-OH is 1. The minimum absolute atomic E-state index is 0.0111. The van der Waals surface area contributed by atoms with Gasteiger partial charge in [0.15, 0.2) is 0 Å². The topological polar surface area (TPSA) is 78.9 Å². The maximum Gasteiger partial charge on any atom is 0.325 e. The highest BCUT2D eigenvalue weighted by atomic mass is 32.1. The molecule has 1 aromatic carbocycles. The third-order valence-electron chi connectivity index (χ3n) is 5.16. The van der Waals surface area contributed by atoms with Gasteiger partial charge < -0.3 is 15.2 Å². The molecule has 27 heavy (non-hydrogen) atoms. The van der Waals surface area contributed by atoms with Gasteiger partial charge in [0, 0.05) is 10.4 Å². The van der Waals surface area contributed by atoms with E-state index in [0.29, 0.717) is 12.2 Å². The van der Waals surface area contributed by atoms with Crippen molar-refractivity contribution in [2.75, 3.05) is 13.2 Å². The van der Waals surface area contributed by atoms with Gasteiger partial charge in [0.25, 0.3) is 5.91 Å². The molecule has 142 valence electrons. The van der Waals surface area contributed by atoms with E-state index in [9.17, 15) is 14.7 Å². The van der Waals surface area contributed by atoms with Crippen LogP contribution in [0.5, 0.6) is 5.75 Å². The maximum atomic E-state index is 13.1. The van der Waals surface area contributed by atoms with Crippen LogP contribution in [0.3, 0.4) is 0 Å². The number of aliphatic hydroxyl groups is 1. The highest BCUT2D eigenvalue weighted by Gasteiger charge is 2.54. The van der Waals surface area contributed by atoms with Crippen molar-refractivity contribution in [1.82, 2.24) is 10.2 Å². The summed E-state index contributed by atoms with van der Waals surface area (Å²) in [5, 5.41) is 15.2. The van der Waals surface area contributed by atoms with Gasteiger partial charge in [-0.05, 0) is 55.3 Å². The van der Waals surface area contributed by atoms with Gasteiger partial charge in [-0.15, -0.1) is 11.3 Å². The number of amides is 3. The van der Waals surface area contributed by atoms with Gasteiger partial charge in [-0.1, -0.05) is 12.1 Å². The Labute approximate surface area is 161 Å². The molecule has 0 bridgehead atoms. The number of urea groups is 1. The number of nitrogens with zero attached hydrogens (tertiary/aromatic N) is 1. The summed E-state index contributed by atoms with van der Waals surface area (Å²) in [5.41, 5.74) is 0.994. The number of thiophene rings is 1. The zero-order valence-corrected chi connectivity index (χ0v) is 15.9. The lowest BCUT2D eigenvalue weighted by Crippen LogP contribution is -2.46. The molecule has 6 nitrogen and oxygen atoms in total. The number of nitrogens with one attached hydrogen (secondary N) is 1. The second kappa shape index (κ2) is 6.98. The largest absolute Gasteiger partial charge is 0.491 e. The van der Waals surface area contributed by atoms with Gasteiger partial charge in [0.2, 0.25) is 0 Å². The van der Waals surface area contributed by atoms with Crippen molar-refractivity contribution in [3.8, 4) is 5.75 Å². The van der Waals surface area contributed by atoms with E-state index in [1.54, 1.807) is 11.3 Å². The van der Waals surface area contributed by atoms with Gasteiger partial charge in [-0.25, -0.2) is 4.79 Å². The van der Waals surface area contributed by atoms with Crippen molar-refractivity contribution in [2.24, 2.45) is 0 Å². The Morgan fingerprint density at radius 3 is 3.04 bits per heavy atom. The van der Waals surface area contributed by atoms with Gasteiger partial charge >= 0.3 is 6.03 Å². The number of hydrogen-bond donors (Lipinski definition) is 2. The monoisotopic (exact) mass is 386 g/mol. The molecule has 2 aromatic rings. The quantitative estimate of drug-likeness (QED) is 0.774. The molecule has 0 radical (unpaired) electrons. The number of ether oxygens (including phenoxy) is 1. The van der Waals surface area contributed by atoms with Gasteiger partial charge in [0.1, 0.15) is 24.0 Å². The summed E-state index contributed by atoms with van der Waals surface area (Å²) in [6.07, 6.45) is 1.42. The van der Waals surface area contributed by atoms with Crippen LogP contribution in [0.15, 0.2) is 35.7 Å². The average molecular weight is 386 g/mol. The van der Waals surface area contributed by atoms with Gasteiger partial charge in [-0.2, -0.15) is 0 Å². The molecular formula is C20H22N2O4S. The third kappa shape index (κ3) is 3.21. The van der Waals surface area contributed by atoms with Crippen LogP contribution in [0.25, 0.3) is 0 Å². The Kier molecular flexibility index (Phi) is 4.65. The molecule has 2 aliphatic rings. The second-order valence-electron chi connectivity index (χ2n) is 7.14. The number of carbonyl (C=O) groups excluding carboxylic acids is 2. The fourth-order valence-corrected chi connectivity index (χ4v) is 4.87. The molecular weight excluding hydrogens is 364 g/mol. The van der Waals surface area contributed by atoms with E-state index in [1.165, 1.54) is 0 Å². The molecule has 1 aromatic heterocycles. The Balaban J connectivity index is 1.44. The minimum atomic E-state index is -0.970. The predicted molar refractivity (Wildman–Crippen MR) is 102 cm³/mol. The predicted octanol–water partition coefficient (Wildman–Crippen LogP) is 2.58. The van der Waals surface area contributed by atoms with E-state index in [-0.39, 0.29) is 19.1 Å². The number of carbonyl (C=O) groups is 2.